The van der Waals surface area contributed by atoms with Crippen molar-refractivity contribution in [2.75, 3.05) is 6.61 Å². The Labute approximate surface area is 102 Å². The highest BCUT2D eigenvalue weighted by atomic mass is 16.3. The first-order valence-corrected chi connectivity index (χ1v) is 5.91. The number of pyridine rings is 1. The second-order valence-electron chi connectivity index (χ2n) is 4.12. The first kappa shape index (κ1) is 13.6. The Morgan fingerprint density at radius 3 is 2.71 bits per heavy atom. The van der Waals surface area contributed by atoms with E-state index in [0.717, 1.165) is 18.4 Å². The third-order valence-corrected chi connectivity index (χ3v) is 3.31. The van der Waals surface area contributed by atoms with Crippen molar-refractivity contribution in [3.05, 3.63) is 29.6 Å². The molecule has 0 atom stereocenters. The third kappa shape index (κ3) is 3.26. The lowest BCUT2D eigenvalue weighted by Gasteiger charge is -2.31. The average Bonchev–Trinajstić information content (AvgIpc) is 2.41. The zero-order valence-electron chi connectivity index (χ0n) is 10.4. The molecule has 1 heterocycles. The molecule has 0 saturated carbocycles. The molecule has 1 aromatic heterocycles. The van der Waals surface area contributed by atoms with Crippen LogP contribution in [0.5, 0.6) is 0 Å². The third-order valence-electron chi connectivity index (χ3n) is 3.31. The van der Waals surface area contributed by atoms with E-state index in [9.17, 15) is 5.11 Å². The smallest absolute Gasteiger partial charge is 0.144 e. The molecule has 0 aliphatic rings. The molecule has 4 nitrogen and oxygen atoms in total. The molecule has 0 amide bonds. The number of aliphatic hydroxyl groups excluding tert-OH is 1. The largest absolute Gasteiger partial charge is 0.394 e. The molecule has 0 aliphatic carbocycles. The molecule has 1 aromatic rings. The lowest BCUT2D eigenvalue weighted by atomic mass is 9.93. The topological polar surface area (TPSA) is 68.9 Å². The summed E-state index contributed by atoms with van der Waals surface area (Å²) in [6.07, 6.45) is 3.31. The van der Waals surface area contributed by atoms with Crippen LogP contribution in [0, 0.1) is 11.3 Å². The van der Waals surface area contributed by atoms with Gasteiger partial charge in [-0.1, -0.05) is 19.9 Å². The van der Waals surface area contributed by atoms with Gasteiger partial charge in [-0.25, -0.2) is 4.98 Å². The van der Waals surface area contributed by atoms with Crippen LogP contribution in [-0.4, -0.2) is 22.2 Å². The van der Waals surface area contributed by atoms with Crippen LogP contribution < -0.4 is 5.32 Å². The van der Waals surface area contributed by atoms with Crippen LogP contribution in [0.25, 0.3) is 0 Å². The molecule has 0 radical (unpaired) electrons. The van der Waals surface area contributed by atoms with Gasteiger partial charge in [-0.05, 0) is 18.9 Å². The monoisotopic (exact) mass is 233 g/mol. The van der Waals surface area contributed by atoms with Gasteiger partial charge in [0.2, 0.25) is 0 Å². The first-order chi connectivity index (χ1) is 8.21. The Morgan fingerprint density at radius 1 is 1.47 bits per heavy atom. The lowest BCUT2D eigenvalue weighted by molar-refractivity contribution is 0.149. The van der Waals surface area contributed by atoms with Gasteiger partial charge in [0.1, 0.15) is 11.8 Å². The van der Waals surface area contributed by atoms with Crippen molar-refractivity contribution in [2.45, 2.75) is 38.8 Å². The van der Waals surface area contributed by atoms with Crippen molar-refractivity contribution < 1.29 is 5.11 Å². The Kier molecular flexibility index (Phi) is 5.08. The molecule has 92 valence electrons. The Hall–Kier alpha value is -1.44. The average molecular weight is 233 g/mol. The Bertz CT molecular complexity index is 386. The van der Waals surface area contributed by atoms with E-state index in [1.54, 1.807) is 6.20 Å². The maximum atomic E-state index is 9.44. The zero-order valence-corrected chi connectivity index (χ0v) is 10.4. The second kappa shape index (κ2) is 6.33. The van der Waals surface area contributed by atoms with Crippen LogP contribution in [0.1, 0.15) is 37.9 Å². The summed E-state index contributed by atoms with van der Waals surface area (Å²) in [7, 11) is 0. The van der Waals surface area contributed by atoms with Gasteiger partial charge in [-0.15, -0.1) is 0 Å². The summed E-state index contributed by atoms with van der Waals surface area (Å²) in [6.45, 7) is 4.74. The Morgan fingerprint density at radius 2 is 2.18 bits per heavy atom. The van der Waals surface area contributed by atoms with Crippen molar-refractivity contribution in [3.8, 4) is 6.07 Å². The molecular formula is C13H19N3O. The number of hydrogen-bond acceptors (Lipinski definition) is 4. The molecule has 0 fully saturated rings. The SMILES string of the molecule is CCC(CC)(CO)NCc1cccnc1C#N. The fraction of sp³-hybridized carbons (Fsp3) is 0.538. The summed E-state index contributed by atoms with van der Waals surface area (Å²) in [5, 5.41) is 21.7. The van der Waals surface area contributed by atoms with Gasteiger partial charge >= 0.3 is 0 Å². The molecule has 1 rings (SSSR count). The minimum atomic E-state index is -0.261. The molecule has 2 N–H and O–H groups in total. The standard InChI is InChI=1S/C13H19N3O/c1-3-13(4-2,10-17)16-9-11-6-5-7-15-12(11)8-14/h5-7,16-17H,3-4,9-10H2,1-2H3. The van der Waals surface area contributed by atoms with Gasteiger partial charge < -0.3 is 10.4 Å². The number of nitrogens with one attached hydrogen (secondary N) is 1. The van der Waals surface area contributed by atoms with Crippen LogP contribution in [0.4, 0.5) is 0 Å². The van der Waals surface area contributed by atoms with E-state index >= 15 is 0 Å². The summed E-state index contributed by atoms with van der Waals surface area (Å²) < 4.78 is 0. The summed E-state index contributed by atoms with van der Waals surface area (Å²) >= 11 is 0. The fourth-order valence-corrected chi connectivity index (χ4v) is 1.74. The van der Waals surface area contributed by atoms with Crippen molar-refractivity contribution in [2.24, 2.45) is 0 Å². The van der Waals surface area contributed by atoms with Gasteiger partial charge in [-0.3, -0.25) is 0 Å². The summed E-state index contributed by atoms with van der Waals surface area (Å²) in [4.78, 5) is 4.01. The van der Waals surface area contributed by atoms with Crippen LogP contribution in [0.15, 0.2) is 18.3 Å². The number of nitriles is 1. The molecule has 0 aromatic carbocycles. The van der Waals surface area contributed by atoms with Gasteiger partial charge in [0.25, 0.3) is 0 Å². The minimum absolute atomic E-state index is 0.0994. The highest BCUT2D eigenvalue weighted by molar-refractivity contribution is 5.30. The second-order valence-corrected chi connectivity index (χ2v) is 4.12. The molecule has 4 heteroatoms. The van der Waals surface area contributed by atoms with Crippen LogP contribution in [0.2, 0.25) is 0 Å². The van der Waals surface area contributed by atoms with E-state index in [2.05, 4.69) is 16.4 Å². The van der Waals surface area contributed by atoms with Crippen molar-refractivity contribution in [1.29, 1.82) is 5.26 Å². The van der Waals surface area contributed by atoms with Crippen LogP contribution in [0.3, 0.4) is 0 Å². The van der Waals surface area contributed by atoms with E-state index in [4.69, 9.17) is 5.26 Å². The van der Waals surface area contributed by atoms with E-state index in [1.807, 2.05) is 26.0 Å². The highest BCUT2D eigenvalue weighted by Crippen LogP contribution is 2.15. The fourth-order valence-electron chi connectivity index (χ4n) is 1.74. The van der Waals surface area contributed by atoms with E-state index < -0.39 is 0 Å². The van der Waals surface area contributed by atoms with E-state index in [-0.39, 0.29) is 12.1 Å². The molecular weight excluding hydrogens is 214 g/mol. The molecule has 0 aliphatic heterocycles. The molecule has 0 saturated heterocycles. The van der Waals surface area contributed by atoms with Crippen molar-refractivity contribution >= 4 is 0 Å². The van der Waals surface area contributed by atoms with E-state index in [0.29, 0.717) is 12.2 Å². The normalized spacial score (nSPS) is 11.2. The maximum Gasteiger partial charge on any atom is 0.144 e. The van der Waals surface area contributed by atoms with Crippen LogP contribution in [-0.2, 0) is 6.54 Å². The first-order valence-electron chi connectivity index (χ1n) is 5.91. The number of aromatic nitrogens is 1. The summed E-state index contributed by atoms with van der Waals surface area (Å²) in [5.74, 6) is 0. The molecule has 0 unspecified atom stereocenters. The quantitative estimate of drug-likeness (QED) is 0.783. The van der Waals surface area contributed by atoms with Gasteiger partial charge in [-0.2, -0.15) is 5.26 Å². The summed E-state index contributed by atoms with van der Waals surface area (Å²) in [5.41, 5.74) is 1.05. The van der Waals surface area contributed by atoms with Gasteiger partial charge in [0.05, 0.1) is 6.61 Å². The summed E-state index contributed by atoms with van der Waals surface area (Å²) in [6, 6.07) is 5.77. The molecule has 0 spiro atoms. The van der Waals surface area contributed by atoms with Gasteiger partial charge in [0.15, 0.2) is 0 Å². The number of rotatable bonds is 6. The van der Waals surface area contributed by atoms with Crippen molar-refractivity contribution in [3.63, 3.8) is 0 Å². The maximum absolute atomic E-state index is 9.44. The predicted molar refractivity (Wildman–Crippen MR) is 66.2 cm³/mol. The van der Waals surface area contributed by atoms with Gasteiger partial charge in [0, 0.05) is 23.8 Å². The zero-order chi connectivity index (χ0) is 12.7. The number of nitrogens with zero attached hydrogens (tertiary/aromatic N) is 2. The number of aliphatic hydroxyl groups is 1. The van der Waals surface area contributed by atoms with Crippen LogP contribution >= 0.6 is 0 Å². The Balaban J connectivity index is 2.76. The molecule has 17 heavy (non-hydrogen) atoms. The number of hydrogen-bond donors (Lipinski definition) is 2. The van der Waals surface area contributed by atoms with Crippen molar-refractivity contribution in [1.82, 2.24) is 10.3 Å². The minimum Gasteiger partial charge on any atom is -0.394 e. The lowest BCUT2D eigenvalue weighted by Crippen LogP contribution is -2.47. The highest BCUT2D eigenvalue weighted by Gasteiger charge is 2.24. The molecule has 0 bridgehead atoms. The predicted octanol–water partition coefficient (Wildman–Crippen LogP) is 1.59. The van der Waals surface area contributed by atoms with E-state index in [1.165, 1.54) is 0 Å².